The van der Waals surface area contributed by atoms with Crippen molar-refractivity contribution in [3.05, 3.63) is 35.4 Å². The quantitative estimate of drug-likeness (QED) is 0.154. The van der Waals surface area contributed by atoms with Gasteiger partial charge >= 0.3 is 18.3 Å². The Balaban J connectivity index is 1.25. The van der Waals surface area contributed by atoms with Crippen molar-refractivity contribution in [2.24, 2.45) is 0 Å². The summed E-state index contributed by atoms with van der Waals surface area (Å²) in [6, 6.07) is 1.96. The molecule has 12 nitrogen and oxygen atoms in total. The minimum atomic E-state index is -5.12. The minimum Gasteiger partial charge on any atom is -0.461 e. The number of fused-ring (bicyclic) bond motifs is 5. The third-order valence-electron chi connectivity index (χ3n) is 11.8. The van der Waals surface area contributed by atoms with Crippen LogP contribution in [0.1, 0.15) is 71.3 Å². The maximum Gasteiger partial charge on any atom is 0.417 e. The fourth-order valence-electron chi connectivity index (χ4n) is 9.33. The van der Waals surface area contributed by atoms with Crippen molar-refractivity contribution in [1.82, 2.24) is 30.1 Å². The molecule has 0 spiro atoms. The predicted octanol–water partition coefficient (Wildman–Crippen LogP) is 7.68. The molecule has 318 valence electrons. The van der Waals surface area contributed by atoms with E-state index in [1.54, 1.807) is 34.9 Å². The second-order valence-corrected chi connectivity index (χ2v) is 18.2. The molecule has 4 aromatic rings. The van der Waals surface area contributed by atoms with Crippen molar-refractivity contribution < 1.29 is 45.4 Å². The minimum absolute atomic E-state index is 0.00471. The molecular formula is C40H46F6N8O4S. The number of rotatable bonds is 10. The van der Waals surface area contributed by atoms with Gasteiger partial charge in [0.1, 0.15) is 35.5 Å². The number of alkyl halides is 4. The van der Waals surface area contributed by atoms with Crippen LogP contribution in [0.3, 0.4) is 0 Å². The number of benzene rings is 2. The van der Waals surface area contributed by atoms with Gasteiger partial charge in [0, 0.05) is 74.7 Å². The number of thiazole rings is 1. The fraction of sp³-hybridized carbons (Fsp3) is 0.575. The maximum absolute atomic E-state index is 17.4. The number of nitrogens with one attached hydrogen (secondary N) is 2. The van der Waals surface area contributed by atoms with E-state index in [4.69, 9.17) is 14.5 Å². The molecular weight excluding hydrogens is 803 g/mol. The molecule has 8 rings (SSSR count). The highest BCUT2D eigenvalue weighted by atomic mass is 32.1. The molecule has 2 bridgehead atoms. The van der Waals surface area contributed by atoms with Gasteiger partial charge in [0.15, 0.2) is 10.9 Å². The summed E-state index contributed by atoms with van der Waals surface area (Å²) in [5, 5.41) is 5.48. The van der Waals surface area contributed by atoms with Gasteiger partial charge < -0.3 is 24.6 Å². The molecule has 6 heterocycles. The predicted molar refractivity (Wildman–Crippen MR) is 210 cm³/mol. The Hall–Kier alpha value is -4.49. The smallest absolute Gasteiger partial charge is 0.417 e. The fourth-order valence-corrected chi connectivity index (χ4v) is 10.2. The third kappa shape index (κ3) is 7.85. The molecule has 0 saturated carbocycles. The third-order valence-corrected chi connectivity index (χ3v) is 12.8. The highest BCUT2D eigenvalue weighted by Crippen LogP contribution is 2.49. The van der Waals surface area contributed by atoms with E-state index in [0.717, 1.165) is 24.6 Å². The van der Waals surface area contributed by atoms with Crippen LogP contribution in [0, 0.1) is 11.6 Å². The Labute approximate surface area is 340 Å². The molecule has 2 amide bonds. The average Bonchev–Trinajstić information content (AvgIpc) is 3.96. The van der Waals surface area contributed by atoms with Gasteiger partial charge in [-0.1, -0.05) is 11.3 Å². The summed E-state index contributed by atoms with van der Waals surface area (Å²) in [5.74, 6) is -2.17. The van der Waals surface area contributed by atoms with E-state index in [1.165, 1.54) is 4.90 Å². The molecule has 4 saturated heterocycles. The van der Waals surface area contributed by atoms with Crippen molar-refractivity contribution in [2.75, 3.05) is 50.6 Å². The van der Waals surface area contributed by atoms with Gasteiger partial charge in [-0.3, -0.25) is 15.0 Å². The molecule has 0 radical (unpaired) electrons. The lowest BCUT2D eigenvalue weighted by molar-refractivity contribution is -0.137. The Morgan fingerprint density at radius 2 is 1.86 bits per heavy atom. The van der Waals surface area contributed by atoms with E-state index >= 15 is 22.0 Å². The lowest BCUT2D eigenvalue weighted by Crippen LogP contribution is -2.43. The van der Waals surface area contributed by atoms with Crippen molar-refractivity contribution in [1.29, 1.82) is 0 Å². The topological polar surface area (TPSA) is 125 Å². The second-order valence-electron chi connectivity index (χ2n) is 17.2. The highest BCUT2D eigenvalue weighted by molar-refractivity contribution is 7.22. The first-order valence-electron chi connectivity index (χ1n) is 19.8. The van der Waals surface area contributed by atoms with Crippen LogP contribution < -0.4 is 20.3 Å². The van der Waals surface area contributed by atoms with E-state index in [9.17, 15) is 14.0 Å². The van der Waals surface area contributed by atoms with Crippen LogP contribution in [-0.4, -0.2) is 113 Å². The van der Waals surface area contributed by atoms with Crippen molar-refractivity contribution in [2.45, 2.75) is 107 Å². The van der Waals surface area contributed by atoms with Crippen LogP contribution in [-0.2, 0) is 15.7 Å². The van der Waals surface area contributed by atoms with E-state index < -0.39 is 57.9 Å². The first kappa shape index (κ1) is 41.3. The maximum atomic E-state index is 17.4. The van der Waals surface area contributed by atoms with Crippen LogP contribution in [0.5, 0.6) is 6.01 Å². The number of carbonyl (C=O) groups excluding carboxylic acids is 2. The summed E-state index contributed by atoms with van der Waals surface area (Å²) in [7, 11) is 3.34. The standard InChI is InChI=1S/C40H46F6N8O4S/c1-38(2,3)58-37(56)51-36-49-32-22(8-9-25(42)33(32)59-36)29-24(40(44,45)46)16-23-31(30(29)43)48-35(57-19-39-12-6-14-53(39)18-20(41)17-39)50-34(23)54-21-7-10-27(54)26(15-21)47-13-11-28(55)52(4)5/h8-9,16,20-21,26-27,47H,6-7,10-15,17-19H2,1-5H3,(H,49,51,56)/t20-,21-,26?,27+,39+/m1/s1. The summed E-state index contributed by atoms with van der Waals surface area (Å²) < 4.78 is 105. The number of hydrogen-bond acceptors (Lipinski definition) is 11. The summed E-state index contributed by atoms with van der Waals surface area (Å²) >= 11 is 0.662. The van der Waals surface area contributed by atoms with Gasteiger partial charge in [-0.2, -0.15) is 23.1 Å². The summed E-state index contributed by atoms with van der Waals surface area (Å²) in [6.07, 6.45) is -3.10. The van der Waals surface area contributed by atoms with Gasteiger partial charge in [0.25, 0.3) is 0 Å². The van der Waals surface area contributed by atoms with Gasteiger partial charge in [-0.25, -0.2) is 22.9 Å². The van der Waals surface area contributed by atoms with E-state index in [0.29, 0.717) is 50.1 Å². The molecule has 19 heteroatoms. The number of carbonyl (C=O) groups is 2. The number of ether oxygens (including phenoxy) is 2. The zero-order valence-corrected chi connectivity index (χ0v) is 34.1. The van der Waals surface area contributed by atoms with Crippen LogP contribution in [0.15, 0.2) is 18.2 Å². The molecule has 2 aromatic heterocycles. The molecule has 4 fully saturated rings. The first-order valence-corrected chi connectivity index (χ1v) is 20.6. The van der Waals surface area contributed by atoms with Crippen LogP contribution in [0.4, 0.5) is 42.1 Å². The number of aromatic nitrogens is 3. The van der Waals surface area contributed by atoms with Crippen LogP contribution in [0.2, 0.25) is 0 Å². The molecule has 2 aromatic carbocycles. The Morgan fingerprint density at radius 1 is 1.08 bits per heavy atom. The zero-order chi connectivity index (χ0) is 42.2. The molecule has 5 atom stereocenters. The number of halogens is 6. The van der Waals surface area contributed by atoms with Gasteiger partial charge in [-0.15, -0.1) is 0 Å². The molecule has 4 aliphatic rings. The lowest BCUT2D eigenvalue weighted by atomic mass is 9.95. The normalized spacial score (nSPS) is 24.4. The van der Waals surface area contributed by atoms with Crippen LogP contribution >= 0.6 is 11.3 Å². The molecule has 2 N–H and O–H groups in total. The molecule has 59 heavy (non-hydrogen) atoms. The first-order chi connectivity index (χ1) is 27.8. The van der Waals surface area contributed by atoms with Gasteiger partial charge in [0.05, 0.1) is 21.3 Å². The van der Waals surface area contributed by atoms with Crippen molar-refractivity contribution in [3.63, 3.8) is 0 Å². The van der Waals surface area contributed by atoms with Gasteiger partial charge in [0.2, 0.25) is 5.91 Å². The van der Waals surface area contributed by atoms with E-state index in [2.05, 4.69) is 20.6 Å². The molecule has 1 unspecified atom stereocenters. The SMILES string of the molecule is CN(C)C(=O)CCNC1C[C@H]2CC[C@@H]1N2c1nc(OC[C@@]23CCCN2C[C@H](F)C3)nc2c(F)c(-c3ccc(F)c4sc(NC(=O)OC(C)(C)C)nc34)c(C(F)(F)F)cc12. The Bertz CT molecular complexity index is 2300. The Morgan fingerprint density at radius 3 is 2.59 bits per heavy atom. The lowest BCUT2D eigenvalue weighted by Gasteiger charge is -2.31. The molecule has 0 aliphatic carbocycles. The second kappa shape index (κ2) is 15.2. The highest BCUT2D eigenvalue weighted by Gasteiger charge is 2.50. The number of nitrogens with zero attached hydrogens (tertiary/aromatic N) is 6. The monoisotopic (exact) mass is 848 g/mol. The molecule has 4 aliphatic heterocycles. The number of hydrogen-bond donors (Lipinski definition) is 2. The summed E-state index contributed by atoms with van der Waals surface area (Å²) in [6.45, 7) is 6.23. The number of anilines is 2. The van der Waals surface area contributed by atoms with Crippen LogP contribution in [0.25, 0.3) is 32.2 Å². The van der Waals surface area contributed by atoms with Crippen molar-refractivity contribution in [3.8, 4) is 17.1 Å². The largest absolute Gasteiger partial charge is 0.461 e. The zero-order valence-electron chi connectivity index (χ0n) is 33.3. The van der Waals surface area contributed by atoms with E-state index in [-0.39, 0.29) is 88.2 Å². The van der Waals surface area contributed by atoms with Crippen molar-refractivity contribution >= 4 is 55.4 Å². The van der Waals surface area contributed by atoms with E-state index in [1.807, 2.05) is 9.80 Å². The number of amides is 2. The summed E-state index contributed by atoms with van der Waals surface area (Å²) in [4.78, 5) is 43.7. The van der Waals surface area contributed by atoms with Gasteiger partial charge in [-0.05, 0) is 77.6 Å². The summed E-state index contributed by atoms with van der Waals surface area (Å²) in [5.41, 5.74) is -4.91. The average molecular weight is 849 g/mol. The Kier molecular flexibility index (Phi) is 10.6.